The van der Waals surface area contributed by atoms with Crippen LogP contribution >= 0.6 is 0 Å². The zero-order chi connectivity index (χ0) is 13.5. The van der Waals surface area contributed by atoms with Crippen LogP contribution in [0.3, 0.4) is 0 Å². The van der Waals surface area contributed by atoms with Crippen molar-refractivity contribution in [2.24, 2.45) is 0 Å². The van der Waals surface area contributed by atoms with E-state index in [0.717, 1.165) is 0 Å². The van der Waals surface area contributed by atoms with Gasteiger partial charge in [0.25, 0.3) is 0 Å². The topological polar surface area (TPSA) is 76.0 Å². The quantitative estimate of drug-likeness (QED) is 0.824. The Kier molecular flexibility index (Phi) is 2.99. The summed E-state index contributed by atoms with van der Waals surface area (Å²) in [5.74, 6) is 1.10. The summed E-state index contributed by atoms with van der Waals surface area (Å²) in [6.07, 6.45) is -0.804. The summed E-state index contributed by atoms with van der Waals surface area (Å²) >= 11 is -5.23. The van der Waals surface area contributed by atoms with Crippen LogP contribution in [-0.4, -0.2) is 22.7 Å². The zero-order valence-electron chi connectivity index (χ0n) is 9.76. The third kappa shape index (κ3) is 2.46. The van der Waals surface area contributed by atoms with E-state index in [2.05, 4.69) is 0 Å². The summed E-state index contributed by atoms with van der Waals surface area (Å²) < 4.78 is 40.1. The van der Waals surface area contributed by atoms with Gasteiger partial charge in [0, 0.05) is 0 Å². The van der Waals surface area contributed by atoms with E-state index in [0.29, 0.717) is 22.6 Å². The molecule has 0 amide bonds. The molecule has 3 rings (SSSR count). The molecule has 19 heavy (non-hydrogen) atoms. The van der Waals surface area contributed by atoms with Gasteiger partial charge in [0.15, 0.2) is 0 Å². The van der Waals surface area contributed by atoms with Gasteiger partial charge >= 0.3 is 112 Å². The Morgan fingerprint density at radius 2 is 1.42 bits per heavy atom. The van der Waals surface area contributed by atoms with Gasteiger partial charge < -0.3 is 0 Å². The zero-order valence-corrected chi connectivity index (χ0v) is 11.6. The summed E-state index contributed by atoms with van der Waals surface area (Å²) in [6, 6.07) is 14.1. The van der Waals surface area contributed by atoms with Gasteiger partial charge in [-0.1, -0.05) is 0 Å². The number of ether oxygens (including phenoxy) is 1. The van der Waals surface area contributed by atoms with Crippen LogP contribution in [0.4, 0.5) is 0 Å². The van der Waals surface area contributed by atoms with Crippen molar-refractivity contribution in [2.45, 2.75) is 6.10 Å². The molecule has 0 saturated heterocycles. The van der Waals surface area contributed by atoms with Crippen molar-refractivity contribution in [3.8, 4) is 11.5 Å². The molecule has 1 aliphatic rings. The van der Waals surface area contributed by atoms with E-state index < -0.39 is 20.6 Å². The molecule has 98 valence electrons. The first-order chi connectivity index (χ1) is 9.04. The fourth-order valence-electron chi connectivity index (χ4n) is 2.12. The predicted molar refractivity (Wildman–Crippen MR) is 66.8 cm³/mol. The van der Waals surface area contributed by atoms with E-state index in [4.69, 9.17) is 16.7 Å². The van der Waals surface area contributed by atoms with Gasteiger partial charge in [0.2, 0.25) is 0 Å². The molecule has 0 spiro atoms. The Morgan fingerprint density at radius 1 is 0.947 bits per heavy atom. The van der Waals surface area contributed by atoms with Crippen molar-refractivity contribution in [3.63, 3.8) is 0 Å². The second-order valence-corrected chi connectivity index (χ2v) is 6.65. The number of benzene rings is 2. The minimum atomic E-state index is -5.23. The van der Waals surface area contributed by atoms with E-state index in [1.165, 1.54) is 0 Å². The first-order valence-electron chi connectivity index (χ1n) is 5.64. The number of fused-ring (bicyclic) bond motifs is 2. The molecule has 1 aliphatic heterocycles. The Hall–Kier alpha value is -1.52. The Balaban J connectivity index is 2.14. The van der Waals surface area contributed by atoms with Crippen LogP contribution in [0.15, 0.2) is 48.5 Å². The van der Waals surface area contributed by atoms with E-state index in [9.17, 15) is 3.74 Å². The van der Waals surface area contributed by atoms with Crippen molar-refractivity contribution in [3.05, 3.63) is 59.7 Å². The molecule has 2 N–H and O–H groups in total. The molecule has 2 aromatic rings. The van der Waals surface area contributed by atoms with E-state index in [1.54, 1.807) is 48.5 Å². The van der Waals surface area contributed by atoms with Crippen molar-refractivity contribution < 1.29 is 20.4 Å². The molecule has 0 aromatic heterocycles. The van der Waals surface area contributed by atoms with Crippen LogP contribution in [0.2, 0.25) is 0 Å². The molecule has 5 nitrogen and oxygen atoms in total. The van der Waals surface area contributed by atoms with Gasteiger partial charge in [-0.15, -0.1) is 0 Å². The van der Waals surface area contributed by atoms with E-state index in [-0.39, 0.29) is 0 Å². The molecule has 0 saturated carbocycles. The molecule has 2 aromatic carbocycles. The number of para-hydroxylation sites is 2. The van der Waals surface area contributed by atoms with Crippen molar-refractivity contribution in [2.75, 3.05) is 0 Å². The number of hydrogen-bond acceptors (Lipinski definition) is 3. The fraction of sp³-hybridized carbons (Fsp3) is 0.0769. The SMILES string of the molecule is O=[As](O)(O)OC1c2ccccc2Oc2ccccc21. The maximum absolute atomic E-state index is 11.2. The van der Waals surface area contributed by atoms with Gasteiger partial charge in [-0.25, -0.2) is 0 Å². The molecule has 0 aliphatic carbocycles. The van der Waals surface area contributed by atoms with Crippen LogP contribution < -0.4 is 4.74 Å². The third-order valence-corrected chi connectivity index (χ3v) is 3.88. The van der Waals surface area contributed by atoms with Crippen molar-refractivity contribution >= 4 is 14.5 Å². The van der Waals surface area contributed by atoms with Crippen molar-refractivity contribution in [1.82, 2.24) is 0 Å². The second kappa shape index (κ2) is 4.54. The molecule has 0 unspecified atom stereocenters. The average Bonchev–Trinajstić information content (AvgIpc) is 2.37. The van der Waals surface area contributed by atoms with Crippen LogP contribution in [0.25, 0.3) is 0 Å². The summed E-state index contributed by atoms with van der Waals surface area (Å²) in [5, 5.41) is 0. The van der Waals surface area contributed by atoms with Crippen molar-refractivity contribution in [1.29, 1.82) is 0 Å². The summed E-state index contributed by atoms with van der Waals surface area (Å²) in [6.45, 7) is 0. The number of hydrogen-bond donors (Lipinski definition) is 2. The van der Waals surface area contributed by atoms with Gasteiger partial charge in [0.1, 0.15) is 0 Å². The standard InChI is InChI=1S/C13H11AsO5/c15-14(16,17)19-13-9-5-1-3-7-11(9)18-12-8-4-2-6-10(12)13/h1-8,13H,(H2,15,16,17). The van der Waals surface area contributed by atoms with E-state index >= 15 is 0 Å². The molecular weight excluding hydrogens is 311 g/mol. The summed E-state index contributed by atoms with van der Waals surface area (Å²) in [5.41, 5.74) is 1.23. The second-order valence-electron chi connectivity index (χ2n) is 4.15. The fourth-order valence-corrected chi connectivity index (χ4v) is 3.17. The normalized spacial score (nSPS) is 14.4. The van der Waals surface area contributed by atoms with Crippen LogP contribution in [0, 0.1) is 0 Å². The molecule has 1 heterocycles. The number of rotatable bonds is 2. The van der Waals surface area contributed by atoms with Crippen LogP contribution in [0.5, 0.6) is 11.5 Å². The van der Waals surface area contributed by atoms with Gasteiger partial charge in [-0.2, -0.15) is 0 Å². The Morgan fingerprint density at radius 3 is 1.89 bits per heavy atom. The molecule has 0 bridgehead atoms. The van der Waals surface area contributed by atoms with Gasteiger partial charge in [-0.05, 0) is 0 Å². The first kappa shape index (κ1) is 12.5. The maximum atomic E-state index is 11.2. The molecule has 0 fully saturated rings. The van der Waals surface area contributed by atoms with Crippen LogP contribution in [-0.2, 0) is 7.47 Å². The average molecular weight is 322 g/mol. The summed E-state index contributed by atoms with van der Waals surface area (Å²) in [4.78, 5) is 0. The molecule has 6 heteroatoms. The van der Waals surface area contributed by atoms with E-state index in [1.807, 2.05) is 0 Å². The molecular formula is C13H11AsO5. The monoisotopic (exact) mass is 322 g/mol. The van der Waals surface area contributed by atoms with Gasteiger partial charge in [-0.3, -0.25) is 0 Å². The third-order valence-electron chi connectivity index (χ3n) is 2.87. The Labute approximate surface area is 112 Å². The minimum absolute atomic E-state index is 0.551. The predicted octanol–water partition coefficient (Wildman–Crippen LogP) is 1.75. The Bertz CT molecular complexity index is 618. The van der Waals surface area contributed by atoms with Crippen LogP contribution in [0.1, 0.15) is 17.2 Å². The molecule has 0 atom stereocenters. The first-order valence-corrected chi connectivity index (χ1v) is 8.85. The molecule has 0 radical (unpaired) electrons. The van der Waals surface area contributed by atoms with Gasteiger partial charge in [0.05, 0.1) is 0 Å². The summed E-state index contributed by atoms with van der Waals surface area (Å²) in [7, 11) is 0.